The van der Waals surface area contributed by atoms with Crippen molar-refractivity contribution in [2.24, 2.45) is 7.05 Å². The highest BCUT2D eigenvalue weighted by Gasteiger charge is 2.15. The molecule has 0 aliphatic heterocycles. The zero-order chi connectivity index (χ0) is 15.5. The Kier molecular flexibility index (Phi) is 3.87. The number of rotatable bonds is 4. The third-order valence-corrected chi connectivity index (χ3v) is 3.61. The first kappa shape index (κ1) is 14.3. The van der Waals surface area contributed by atoms with E-state index in [1.807, 2.05) is 24.3 Å². The molecule has 1 aromatic heterocycles. The molecule has 0 spiro atoms. The number of hydrogen-bond donors (Lipinski definition) is 1. The van der Waals surface area contributed by atoms with Gasteiger partial charge in [-0.25, -0.2) is 4.39 Å². The van der Waals surface area contributed by atoms with Crippen LogP contribution in [-0.2, 0) is 13.5 Å². The topological polar surface area (TPSA) is 46.9 Å². The molecule has 1 N–H and O–H groups in total. The van der Waals surface area contributed by atoms with Crippen LogP contribution in [0.4, 0.5) is 4.39 Å². The number of fused-ring (bicyclic) bond motifs is 1. The lowest BCUT2D eigenvalue weighted by molar-refractivity contribution is 0.0950. The number of hydrogen-bond acceptors (Lipinski definition) is 2. The van der Waals surface area contributed by atoms with E-state index < -0.39 is 0 Å². The molecule has 1 amide bonds. The van der Waals surface area contributed by atoms with Gasteiger partial charge in [0.05, 0.1) is 5.52 Å². The molecule has 0 bridgehead atoms. The van der Waals surface area contributed by atoms with E-state index in [1.54, 1.807) is 29.9 Å². The van der Waals surface area contributed by atoms with Crippen molar-refractivity contribution in [2.75, 3.05) is 6.54 Å². The van der Waals surface area contributed by atoms with Gasteiger partial charge in [0.25, 0.3) is 5.91 Å². The number of aryl methyl sites for hydroxylation is 1. The lowest BCUT2D eigenvalue weighted by Gasteiger charge is -2.05. The molecule has 3 aromatic rings. The molecule has 5 heteroatoms. The van der Waals surface area contributed by atoms with Crippen molar-refractivity contribution in [1.29, 1.82) is 0 Å². The second kappa shape index (κ2) is 5.97. The fraction of sp³-hybridized carbons (Fsp3) is 0.176. The van der Waals surface area contributed by atoms with Crippen LogP contribution in [0.2, 0.25) is 0 Å². The van der Waals surface area contributed by atoms with Gasteiger partial charge < -0.3 is 5.32 Å². The van der Waals surface area contributed by atoms with Crippen molar-refractivity contribution in [2.45, 2.75) is 6.42 Å². The Balaban J connectivity index is 1.70. The van der Waals surface area contributed by atoms with E-state index in [2.05, 4.69) is 10.4 Å². The van der Waals surface area contributed by atoms with Gasteiger partial charge in [0.15, 0.2) is 5.69 Å². The molecule has 112 valence electrons. The number of nitrogens with one attached hydrogen (secondary N) is 1. The van der Waals surface area contributed by atoms with Gasteiger partial charge in [-0.2, -0.15) is 5.10 Å². The van der Waals surface area contributed by atoms with Crippen molar-refractivity contribution in [1.82, 2.24) is 15.1 Å². The number of aromatic nitrogens is 2. The summed E-state index contributed by atoms with van der Waals surface area (Å²) in [5, 5.41) is 7.88. The van der Waals surface area contributed by atoms with Crippen molar-refractivity contribution in [3.05, 3.63) is 65.6 Å². The number of carbonyl (C=O) groups excluding carboxylic acids is 1. The number of benzene rings is 2. The standard InChI is InChI=1S/C17H16FN3O/c1-21-15-9-5-3-7-13(15)16(20-21)17(22)19-11-10-12-6-2-4-8-14(12)18/h2-9H,10-11H2,1H3,(H,19,22). The first-order chi connectivity index (χ1) is 10.7. The summed E-state index contributed by atoms with van der Waals surface area (Å²) in [6, 6.07) is 14.1. The Morgan fingerprint density at radius 1 is 1.18 bits per heavy atom. The van der Waals surface area contributed by atoms with Crippen molar-refractivity contribution in [3.8, 4) is 0 Å². The number of halogens is 1. The monoisotopic (exact) mass is 297 g/mol. The lowest BCUT2D eigenvalue weighted by atomic mass is 10.1. The fourth-order valence-electron chi connectivity index (χ4n) is 2.48. The van der Waals surface area contributed by atoms with Gasteiger partial charge in [-0.15, -0.1) is 0 Å². The Morgan fingerprint density at radius 2 is 1.91 bits per heavy atom. The van der Waals surface area contributed by atoms with Crippen LogP contribution >= 0.6 is 0 Å². The zero-order valence-corrected chi connectivity index (χ0v) is 12.2. The van der Waals surface area contributed by atoms with Gasteiger partial charge >= 0.3 is 0 Å². The number of para-hydroxylation sites is 1. The molecule has 0 saturated carbocycles. The van der Waals surface area contributed by atoms with Crippen LogP contribution < -0.4 is 5.32 Å². The maximum absolute atomic E-state index is 13.5. The van der Waals surface area contributed by atoms with Crippen LogP contribution in [0.15, 0.2) is 48.5 Å². The predicted octanol–water partition coefficient (Wildman–Crippen LogP) is 2.68. The van der Waals surface area contributed by atoms with Crippen molar-refractivity contribution in [3.63, 3.8) is 0 Å². The third kappa shape index (κ3) is 2.70. The molecular formula is C17H16FN3O. The first-order valence-electron chi connectivity index (χ1n) is 7.10. The van der Waals surface area contributed by atoms with Gasteiger partial charge in [0.1, 0.15) is 5.82 Å². The minimum Gasteiger partial charge on any atom is -0.350 e. The third-order valence-electron chi connectivity index (χ3n) is 3.61. The summed E-state index contributed by atoms with van der Waals surface area (Å²) < 4.78 is 15.2. The molecule has 22 heavy (non-hydrogen) atoms. The summed E-state index contributed by atoms with van der Waals surface area (Å²) in [7, 11) is 1.80. The van der Waals surface area contributed by atoms with Crippen LogP contribution in [0.25, 0.3) is 10.9 Å². The molecule has 0 radical (unpaired) electrons. The average molecular weight is 297 g/mol. The highest BCUT2D eigenvalue weighted by atomic mass is 19.1. The summed E-state index contributed by atoms with van der Waals surface area (Å²) in [5.74, 6) is -0.492. The summed E-state index contributed by atoms with van der Waals surface area (Å²) >= 11 is 0. The molecule has 0 atom stereocenters. The minimum atomic E-state index is -0.250. The van der Waals surface area contributed by atoms with Crippen LogP contribution in [0.3, 0.4) is 0 Å². The zero-order valence-electron chi connectivity index (χ0n) is 12.2. The molecule has 1 heterocycles. The second-order valence-electron chi connectivity index (χ2n) is 5.09. The lowest BCUT2D eigenvalue weighted by Crippen LogP contribution is -2.26. The number of carbonyl (C=O) groups is 1. The minimum absolute atomic E-state index is 0.242. The predicted molar refractivity (Wildman–Crippen MR) is 83.2 cm³/mol. The van der Waals surface area contributed by atoms with E-state index in [0.717, 1.165) is 10.9 Å². The largest absolute Gasteiger partial charge is 0.350 e. The maximum atomic E-state index is 13.5. The van der Waals surface area contributed by atoms with Crippen molar-refractivity contribution >= 4 is 16.8 Å². The molecule has 0 aliphatic carbocycles. The smallest absolute Gasteiger partial charge is 0.272 e. The fourth-order valence-corrected chi connectivity index (χ4v) is 2.48. The van der Waals surface area contributed by atoms with E-state index in [-0.39, 0.29) is 11.7 Å². The highest BCUT2D eigenvalue weighted by Crippen LogP contribution is 2.17. The van der Waals surface area contributed by atoms with E-state index in [1.165, 1.54) is 6.07 Å². The molecule has 0 saturated heterocycles. The summed E-state index contributed by atoms with van der Waals surface area (Å²) in [6.07, 6.45) is 0.448. The van der Waals surface area contributed by atoms with Crippen LogP contribution in [0.1, 0.15) is 16.1 Å². The van der Waals surface area contributed by atoms with Gasteiger partial charge in [0.2, 0.25) is 0 Å². The van der Waals surface area contributed by atoms with Crippen LogP contribution in [0.5, 0.6) is 0 Å². The Labute approximate surface area is 127 Å². The molecule has 2 aromatic carbocycles. The summed E-state index contributed by atoms with van der Waals surface area (Å²) in [5.41, 5.74) is 1.89. The molecular weight excluding hydrogens is 281 g/mol. The van der Waals surface area contributed by atoms with Crippen molar-refractivity contribution < 1.29 is 9.18 Å². The van der Waals surface area contributed by atoms with Gasteiger partial charge in [0, 0.05) is 19.0 Å². The maximum Gasteiger partial charge on any atom is 0.272 e. The Bertz CT molecular complexity index is 826. The first-order valence-corrected chi connectivity index (χ1v) is 7.10. The average Bonchev–Trinajstić information content (AvgIpc) is 2.87. The van der Waals surface area contributed by atoms with Crippen LogP contribution in [0, 0.1) is 5.82 Å². The van der Waals surface area contributed by atoms with Gasteiger partial charge in [-0.1, -0.05) is 36.4 Å². The SMILES string of the molecule is Cn1nc(C(=O)NCCc2ccccc2F)c2ccccc21. The van der Waals surface area contributed by atoms with E-state index >= 15 is 0 Å². The summed E-state index contributed by atoms with van der Waals surface area (Å²) in [4.78, 5) is 12.3. The van der Waals surface area contributed by atoms with E-state index in [4.69, 9.17) is 0 Å². The molecule has 0 aliphatic rings. The number of nitrogens with zero attached hydrogens (tertiary/aromatic N) is 2. The molecule has 3 rings (SSSR count). The number of amides is 1. The normalized spacial score (nSPS) is 10.8. The molecule has 4 nitrogen and oxygen atoms in total. The highest BCUT2D eigenvalue weighted by molar-refractivity contribution is 6.04. The molecule has 0 fully saturated rings. The Morgan fingerprint density at radius 3 is 2.73 bits per heavy atom. The molecule has 0 unspecified atom stereocenters. The van der Waals surface area contributed by atoms with Gasteiger partial charge in [-0.05, 0) is 24.1 Å². The van der Waals surface area contributed by atoms with Crippen LogP contribution in [-0.4, -0.2) is 22.2 Å². The summed E-state index contributed by atoms with van der Waals surface area (Å²) in [6.45, 7) is 0.366. The van der Waals surface area contributed by atoms with E-state index in [9.17, 15) is 9.18 Å². The Hall–Kier alpha value is -2.69. The second-order valence-corrected chi connectivity index (χ2v) is 5.09. The van der Waals surface area contributed by atoms with Gasteiger partial charge in [-0.3, -0.25) is 9.48 Å². The van der Waals surface area contributed by atoms with E-state index in [0.29, 0.717) is 24.2 Å². The quantitative estimate of drug-likeness (QED) is 0.805.